The predicted molar refractivity (Wildman–Crippen MR) is 84.5 cm³/mol. The zero-order chi connectivity index (χ0) is 14.8. The molecule has 0 radical (unpaired) electrons. The first kappa shape index (κ1) is 17.0. The highest BCUT2D eigenvalue weighted by atomic mass is 16.5. The summed E-state index contributed by atoms with van der Waals surface area (Å²) in [6.07, 6.45) is 3.07. The molecule has 0 saturated carbocycles. The Balaban J connectivity index is 2.55. The van der Waals surface area contributed by atoms with Crippen LogP contribution < -0.4 is 10.1 Å². The second-order valence-corrected chi connectivity index (χ2v) is 5.47. The Kier molecular flexibility index (Phi) is 7.63. The summed E-state index contributed by atoms with van der Waals surface area (Å²) in [5, 5.41) is 3.44. The minimum atomic E-state index is -0.150. The number of rotatable bonds is 10. The van der Waals surface area contributed by atoms with Crippen molar-refractivity contribution >= 4 is 0 Å². The topological polar surface area (TPSA) is 30.5 Å². The van der Waals surface area contributed by atoms with E-state index in [0.29, 0.717) is 0 Å². The van der Waals surface area contributed by atoms with Crippen molar-refractivity contribution in [2.24, 2.45) is 0 Å². The molecular weight excluding hydrogens is 250 g/mol. The van der Waals surface area contributed by atoms with Gasteiger partial charge in [-0.25, -0.2) is 0 Å². The number of hydrogen-bond acceptors (Lipinski definition) is 3. The fourth-order valence-electron chi connectivity index (χ4n) is 1.99. The van der Waals surface area contributed by atoms with Gasteiger partial charge in [-0.1, -0.05) is 26.0 Å². The molecule has 0 spiro atoms. The van der Waals surface area contributed by atoms with Gasteiger partial charge in [0.05, 0.1) is 6.61 Å². The van der Waals surface area contributed by atoms with Gasteiger partial charge in [-0.3, -0.25) is 0 Å². The number of benzene rings is 1. The van der Waals surface area contributed by atoms with Crippen LogP contribution in [0.2, 0.25) is 0 Å². The fourth-order valence-corrected chi connectivity index (χ4v) is 1.99. The van der Waals surface area contributed by atoms with E-state index in [4.69, 9.17) is 9.47 Å². The van der Waals surface area contributed by atoms with Crippen LogP contribution in [0.25, 0.3) is 0 Å². The zero-order valence-corrected chi connectivity index (χ0v) is 13.4. The maximum atomic E-state index is 6.16. The third-order valence-electron chi connectivity index (χ3n) is 3.56. The van der Waals surface area contributed by atoms with Gasteiger partial charge in [0, 0.05) is 13.7 Å². The highest BCUT2D eigenvalue weighted by Gasteiger charge is 2.23. The lowest BCUT2D eigenvalue weighted by Crippen LogP contribution is -2.42. The van der Waals surface area contributed by atoms with Crippen molar-refractivity contribution < 1.29 is 9.47 Å². The van der Waals surface area contributed by atoms with Gasteiger partial charge in [0.15, 0.2) is 0 Å². The van der Waals surface area contributed by atoms with E-state index in [2.05, 4.69) is 50.4 Å². The van der Waals surface area contributed by atoms with Crippen LogP contribution in [0, 0.1) is 0 Å². The number of nitrogens with one attached hydrogen (secondary N) is 1. The minimum absolute atomic E-state index is 0.150. The normalized spacial score (nSPS) is 14.0. The van der Waals surface area contributed by atoms with E-state index in [1.165, 1.54) is 5.56 Å². The summed E-state index contributed by atoms with van der Waals surface area (Å²) < 4.78 is 11.3. The summed E-state index contributed by atoms with van der Waals surface area (Å²) >= 11 is 0. The zero-order valence-electron chi connectivity index (χ0n) is 13.4. The van der Waals surface area contributed by atoms with Crippen LogP contribution in [0.5, 0.6) is 5.75 Å². The molecule has 1 atom stereocenters. The molecule has 0 bridgehead atoms. The van der Waals surface area contributed by atoms with Crippen LogP contribution in [0.1, 0.15) is 39.2 Å². The molecule has 3 nitrogen and oxygen atoms in total. The van der Waals surface area contributed by atoms with Gasteiger partial charge >= 0.3 is 0 Å². The van der Waals surface area contributed by atoms with E-state index in [-0.39, 0.29) is 5.60 Å². The van der Waals surface area contributed by atoms with Crippen LogP contribution in [0.4, 0.5) is 0 Å². The molecule has 0 aromatic heterocycles. The molecule has 0 amide bonds. The Labute approximate surface area is 123 Å². The molecule has 1 N–H and O–H groups in total. The Hall–Kier alpha value is -1.06. The monoisotopic (exact) mass is 279 g/mol. The molecular formula is C17H29NO2. The molecule has 1 aromatic rings. The summed E-state index contributed by atoms with van der Waals surface area (Å²) in [5.41, 5.74) is 1.13. The molecule has 114 valence electrons. The summed E-state index contributed by atoms with van der Waals surface area (Å²) in [7, 11) is 1.73. The highest BCUT2D eigenvalue weighted by Crippen LogP contribution is 2.21. The summed E-state index contributed by atoms with van der Waals surface area (Å²) in [6, 6.07) is 8.34. The van der Waals surface area contributed by atoms with Crippen molar-refractivity contribution in [3.05, 3.63) is 29.8 Å². The lowest BCUT2D eigenvalue weighted by atomic mass is 10.0. The average Bonchev–Trinajstić information content (AvgIpc) is 2.47. The quantitative estimate of drug-likeness (QED) is 0.666. The largest absolute Gasteiger partial charge is 0.486 e. The summed E-state index contributed by atoms with van der Waals surface area (Å²) in [4.78, 5) is 0. The SMILES string of the molecule is CCCNCC(C)(CC)Oc1ccc(CCOC)cc1. The smallest absolute Gasteiger partial charge is 0.120 e. The second kappa shape index (κ2) is 8.98. The Morgan fingerprint density at radius 3 is 2.40 bits per heavy atom. The third kappa shape index (κ3) is 5.93. The number of methoxy groups -OCH3 is 1. The van der Waals surface area contributed by atoms with Crippen molar-refractivity contribution in [2.45, 2.75) is 45.6 Å². The first-order chi connectivity index (χ1) is 9.63. The molecule has 0 aliphatic carbocycles. The summed E-state index contributed by atoms with van der Waals surface area (Å²) in [5.74, 6) is 0.939. The molecule has 0 heterocycles. The van der Waals surface area contributed by atoms with Crippen molar-refractivity contribution in [3.8, 4) is 5.75 Å². The van der Waals surface area contributed by atoms with Crippen molar-refractivity contribution in [2.75, 3.05) is 26.8 Å². The van der Waals surface area contributed by atoms with Crippen molar-refractivity contribution in [1.29, 1.82) is 0 Å². The van der Waals surface area contributed by atoms with Gasteiger partial charge in [-0.05, 0) is 50.4 Å². The highest BCUT2D eigenvalue weighted by molar-refractivity contribution is 5.28. The average molecular weight is 279 g/mol. The van der Waals surface area contributed by atoms with Crippen LogP contribution in [0.15, 0.2) is 24.3 Å². The maximum Gasteiger partial charge on any atom is 0.120 e. The van der Waals surface area contributed by atoms with E-state index < -0.39 is 0 Å². The fraction of sp³-hybridized carbons (Fsp3) is 0.647. The number of ether oxygens (including phenoxy) is 2. The Bertz CT molecular complexity index is 364. The molecule has 0 saturated heterocycles. The van der Waals surface area contributed by atoms with Crippen LogP contribution in [-0.2, 0) is 11.2 Å². The predicted octanol–water partition coefficient (Wildman–Crippen LogP) is 3.42. The minimum Gasteiger partial charge on any atom is -0.486 e. The van der Waals surface area contributed by atoms with Gasteiger partial charge in [-0.2, -0.15) is 0 Å². The molecule has 0 fully saturated rings. The van der Waals surface area contributed by atoms with E-state index in [1.54, 1.807) is 7.11 Å². The molecule has 3 heteroatoms. The van der Waals surface area contributed by atoms with Gasteiger partial charge < -0.3 is 14.8 Å². The van der Waals surface area contributed by atoms with Crippen LogP contribution in [-0.4, -0.2) is 32.4 Å². The first-order valence-corrected chi connectivity index (χ1v) is 7.61. The molecule has 1 rings (SSSR count). The maximum absolute atomic E-state index is 6.16. The van der Waals surface area contributed by atoms with Gasteiger partial charge in [0.25, 0.3) is 0 Å². The van der Waals surface area contributed by atoms with E-state index in [0.717, 1.165) is 44.7 Å². The first-order valence-electron chi connectivity index (χ1n) is 7.61. The molecule has 0 aliphatic heterocycles. The third-order valence-corrected chi connectivity index (χ3v) is 3.56. The van der Waals surface area contributed by atoms with Gasteiger partial charge in [0.1, 0.15) is 11.4 Å². The Morgan fingerprint density at radius 2 is 1.85 bits per heavy atom. The van der Waals surface area contributed by atoms with Crippen LogP contribution in [0.3, 0.4) is 0 Å². The standard InChI is InChI=1S/C17H29NO2/c1-5-12-18-14-17(3,6-2)20-16-9-7-15(8-10-16)11-13-19-4/h7-10,18H,5-6,11-14H2,1-4H3. The molecule has 1 unspecified atom stereocenters. The van der Waals surface area contributed by atoms with E-state index in [1.807, 2.05) is 0 Å². The molecule has 20 heavy (non-hydrogen) atoms. The van der Waals surface area contributed by atoms with Gasteiger partial charge in [-0.15, -0.1) is 0 Å². The van der Waals surface area contributed by atoms with E-state index >= 15 is 0 Å². The van der Waals surface area contributed by atoms with Gasteiger partial charge in [0.2, 0.25) is 0 Å². The van der Waals surface area contributed by atoms with Crippen LogP contribution >= 0.6 is 0 Å². The lowest BCUT2D eigenvalue weighted by Gasteiger charge is -2.30. The van der Waals surface area contributed by atoms with E-state index in [9.17, 15) is 0 Å². The van der Waals surface area contributed by atoms with Crippen molar-refractivity contribution in [1.82, 2.24) is 5.32 Å². The Morgan fingerprint density at radius 1 is 1.15 bits per heavy atom. The lowest BCUT2D eigenvalue weighted by molar-refractivity contribution is 0.0837. The molecule has 1 aromatic carbocycles. The summed E-state index contributed by atoms with van der Waals surface area (Å²) in [6.45, 7) is 9.18. The molecule has 0 aliphatic rings. The van der Waals surface area contributed by atoms with Crippen molar-refractivity contribution in [3.63, 3.8) is 0 Å². The number of hydrogen-bond donors (Lipinski definition) is 1. The second-order valence-electron chi connectivity index (χ2n) is 5.47.